The predicted octanol–water partition coefficient (Wildman–Crippen LogP) is 3.51. The Hall–Kier alpha value is -2.82. The lowest BCUT2D eigenvalue weighted by molar-refractivity contribution is -0.153. The first-order valence-electron chi connectivity index (χ1n) is 8.18. The molecule has 0 aliphatic heterocycles. The molecule has 1 unspecified atom stereocenters. The highest BCUT2D eigenvalue weighted by Gasteiger charge is 2.17. The number of carbonyl (C=O) groups is 2. The molecule has 5 nitrogen and oxygen atoms in total. The number of ether oxygens (including phenoxy) is 2. The minimum Gasteiger partial charge on any atom is -0.497 e. The van der Waals surface area contributed by atoms with Crippen LogP contribution in [0.15, 0.2) is 48.5 Å². The largest absolute Gasteiger partial charge is 0.497 e. The van der Waals surface area contributed by atoms with Gasteiger partial charge in [0.2, 0.25) is 0 Å². The maximum atomic E-state index is 12.1. The Morgan fingerprint density at radius 1 is 1.12 bits per heavy atom. The normalized spacial score (nSPS) is 11.5. The van der Waals surface area contributed by atoms with Gasteiger partial charge < -0.3 is 14.8 Å². The average molecular weight is 341 g/mol. The van der Waals surface area contributed by atoms with E-state index >= 15 is 0 Å². The van der Waals surface area contributed by atoms with Gasteiger partial charge in [-0.3, -0.25) is 9.59 Å². The third-order valence-electron chi connectivity index (χ3n) is 3.74. The number of methoxy groups -OCH3 is 1. The summed E-state index contributed by atoms with van der Waals surface area (Å²) in [4.78, 5) is 24.0. The molecule has 1 amide bonds. The lowest BCUT2D eigenvalue weighted by Crippen LogP contribution is -2.30. The van der Waals surface area contributed by atoms with Crippen molar-refractivity contribution in [2.75, 3.05) is 12.4 Å². The third kappa shape index (κ3) is 5.95. The highest BCUT2D eigenvalue weighted by atomic mass is 16.5. The van der Waals surface area contributed by atoms with Gasteiger partial charge in [0.25, 0.3) is 5.91 Å². The zero-order valence-electron chi connectivity index (χ0n) is 14.7. The highest BCUT2D eigenvalue weighted by Crippen LogP contribution is 2.13. The molecule has 0 spiro atoms. The van der Waals surface area contributed by atoms with Crippen molar-refractivity contribution >= 4 is 17.6 Å². The molecule has 0 radical (unpaired) electrons. The van der Waals surface area contributed by atoms with Crippen molar-refractivity contribution in [2.45, 2.75) is 32.8 Å². The molecular weight excluding hydrogens is 318 g/mol. The Balaban J connectivity index is 1.79. The molecular formula is C20H23NO4. The molecule has 2 aromatic rings. The highest BCUT2D eigenvalue weighted by molar-refractivity contribution is 5.95. The van der Waals surface area contributed by atoms with Crippen LogP contribution in [0.2, 0.25) is 0 Å². The molecule has 0 saturated carbocycles. The van der Waals surface area contributed by atoms with Crippen LogP contribution in [0.1, 0.15) is 24.5 Å². The molecule has 0 heterocycles. The van der Waals surface area contributed by atoms with Gasteiger partial charge in [0.1, 0.15) is 5.75 Å². The Labute approximate surface area is 148 Å². The van der Waals surface area contributed by atoms with Crippen LogP contribution in [0.5, 0.6) is 5.75 Å². The molecule has 0 bridgehead atoms. The summed E-state index contributed by atoms with van der Waals surface area (Å²) >= 11 is 0. The number of aryl methyl sites for hydroxylation is 2. The van der Waals surface area contributed by atoms with Gasteiger partial charge in [-0.15, -0.1) is 0 Å². The van der Waals surface area contributed by atoms with E-state index in [0.717, 1.165) is 16.9 Å². The quantitative estimate of drug-likeness (QED) is 0.783. The molecule has 0 aromatic heterocycles. The van der Waals surface area contributed by atoms with Crippen LogP contribution in [0.4, 0.5) is 5.69 Å². The van der Waals surface area contributed by atoms with E-state index in [9.17, 15) is 9.59 Å². The van der Waals surface area contributed by atoms with Crippen LogP contribution < -0.4 is 10.1 Å². The zero-order chi connectivity index (χ0) is 18.2. The van der Waals surface area contributed by atoms with E-state index in [2.05, 4.69) is 5.32 Å². The summed E-state index contributed by atoms with van der Waals surface area (Å²) in [5.41, 5.74) is 2.74. The maximum Gasteiger partial charge on any atom is 0.306 e. The maximum absolute atomic E-state index is 12.1. The average Bonchev–Trinajstić information content (AvgIpc) is 2.60. The summed E-state index contributed by atoms with van der Waals surface area (Å²) in [6, 6.07) is 14.9. The topological polar surface area (TPSA) is 64.6 Å². The number of hydrogen-bond donors (Lipinski definition) is 1. The monoisotopic (exact) mass is 341 g/mol. The van der Waals surface area contributed by atoms with E-state index in [0.29, 0.717) is 12.1 Å². The van der Waals surface area contributed by atoms with Crippen molar-refractivity contribution in [3.8, 4) is 5.75 Å². The van der Waals surface area contributed by atoms with Crippen LogP contribution >= 0.6 is 0 Å². The van der Waals surface area contributed by atoms with Gasteiger partial charge in [-0.2, -0.15) is 0 Å². The van der Waals surface area contributed by atoms with Crippen LogP contribution in [0.25, 0.3) is 0 Å². The summed E-state index contributed by atoms with van der Waals surface area (Å²) in [6.07, 6.45) is -0.0763. The van der Waals surface area contributed by atoms with Crippen LogP contribution in [0.3, 0.4) is 0 Å². The Bertz CT molecular complexity index is 725. The second-order valence-electron chi connectivity index (χ2n) is 5.84. The van der Waals surface area contributed by atoms with Crippen LogP contribution in [0, 0.1) is 6.92 Å². The number of amides is 1. The second kappa shape index (κ2) is 8.87. The fourth-order valence-electron chi connectivity index (χ4n) is 2.31. The minimum atomic E-state index is -0.844. The van der Waals surface area contributed by atoms with Gasteiger partial charge in [-0.1, -0.05) is 24.3 Å². The molecule has 0 fully saturated rings. The van der Waals surface area contributed by atoms with Gasteiger partial charge in [0.05, 0.1) is 7.11 Å². The molecule has 2 rings (SSSR count). The second-order valence-corrected chi connectivity index (χ2v) is 5.84. The number of benzene rings is 2. The van der Waals surface area contributed by atoms with E-state index in [1.807, 2.05) is 49.4 Å². The van der Waals surface area contributed by atoms with Gasteiger partial charge in [-0.25, -0.2) is 0 Å². The molecule has 0 aliphatic carbocycles. The van der Waals surface area contributed by atoms with E-state index in [1.165, 1.54) is 0 Å². The zero-order valence-corrected chi connectivity index (χ0v) is 14.7. The van der Waals surface area contributed by atoms with Gasteiger partial charge in [0, 0.05) is 12.1 Å². The van der Waals surface area contributed by atoms with Crippen LogP contribution in [-0.4, -0.2) is 25.1 Å². The number of esters is 1. The summed E-state index contributed by atoms with van der Waals surface area (Å²) in [7, 11) is 1.61. The predicted molar refractivity (Wildman–Crippen MR) is 96.7 cm³/mol. The lowest BCUT2D eigenvalue weighted by atomic mass is 10.1. The Kier molecular flexibility index (Phi) is 6.57. The summed E-state index contributed by atoms with van der Waals surface area (Å²) in [5.74, 6) is 0.0267. The molecule has 0 aliphatic rings. The summed E-state index contributed by atoms with van der Waals surface area (Å²) < 4.78 is 10.3. The van der Waals surface area contributed by atoms with E-state index < -0.39 is 12.1 Å². The van der Waals surface area contributed by atoms with E-state index in [4.69, 9.17) is 9.47 Å². The summed E-state index contributed by atoms with van der Waals surface area (Å²) in [5, 5.41) is 2.74. The van der Waals surface area contributed by atoms with Crippen LogP contribution in [-0.2, 0) is 20.7 Å². The molecule has 1 N–H and O–H groups in total. The first-order chi connectivity index (χ1) is 12.0. The first kappa shape index (κ1) is 18.5. The molecule has 25 heavy (non-hydrogen) atoms. The third-order valence-corrected chi connectivity index (χ3v) is 3.74. The molecule has 1 atom stereocenters. The fourth-order valence-corrected chi connectivity index (χ4v) is 2.31. The number of nitrogens with one attached hydrogen (secondary N) is 1. The number of hydrogen-bond acceptors (Lipinski definition) is 4. The standard InChI is InChI=1S/C20H23NO4/c1-14-5-4-6-17(13-14)21-20(23)15(2)25-19(22)12-9-16-7-10-18(24-3)11-8-16/h4-8,10-11,13,15H,9,12H2,1-3H3,(H,21,23). The number of anilines is 1. The molecule has 132 valence electrons. The fraction of sp³-hybridized carbons (Fsp3) is 0.300. The molecule has 0 saturated heterocycles. The van der Waals surface area contributed by atoms with Gasteiger partial charge >= 0.3 is 5.97 Å². The van der Waals surface area contributed by atoms with Crippen molar-refractivity contribution in [1.82, 2.24) is 0 Å². The van der Waals surface area contributed by atoms with E-state index in [1.54, 1.807) is 20.1 Å². The molecule has 5 heteroatoms. The number of rotatable bonds is 7. The van der Waals surface area contributed by atoms with Crippen molar-refractivity contribution < 1.29 is 19.1 Å². The minimum absolute atomic E-state index is 0.217. The SMILES string of the molecule is COc1ccc(CCC(=O)OC(C)C(=O)Nc2cccc(C)c2)cc1. The van der Waals surface area contributed by atoms with Gasteiger partial charge in [0.15, 0.2) is 6.10 Å². The lowest BCUT2D eigenvalue weighted by Gasteiger charge is -2.14. The van der Waals surface area contributed by atoms with E-state index in [-0.39, 0.29) is 12.3 Å². The molecule has 2 aromatic carbocycles. The Morgan fingerprint density at radius 3 is 2.48 bits per heavy atom. The number of carbonyl (C=O) groups excluding carboxylic acids is 2. The first-order valence-corrected chi connectivity index (χ1v) is 8.18. The Morgan fingerprint density at radius 2 is 1.84 bits per heavy atom. The van der Waals surface area contributed by atoms with Crippen molar-refractivity contribution in [1.29, 1.82) is 0 Å². The summed E-state index contributed by atoms with van der Waals surface area (Å²) in [6.45, 7) is 3.51. The van der Waals surface area contributed by atoms with Crippen molar-refractivity contribution in [3.63, 3.8) is 0 Å². The smallest absolute Gasteiger partial charge is 0.306 e. The van der Waals surface area contributed by atoms with Gasteiger partial charge in [-0.05, 0) is 55.7 Å². The van der Waals surface area contributed by atoms with Crippen molar-refractivity contribution in [3.05, 3.63) is 59.7 Å². The van der Waals surface area contributed by atoms with Crippen molar-refractivity contribution in [2.24, 2.45) is 0 Å².